The molecule has 3 aromatic heterocycles. The van der Waals surface area contributed by atoms with E-state index in [9.17, 15) is 14.4 Å². The van der Waals surface area contributed by atoms with Crippen LogP contribution in [0.25, 0.3) is 0 Å². The number of nitrogens with one attached hydrogen (secondary N) is 1. The summed E-state index contributed by atoms with van der Waals surface area (Å²) in [5.41, 5.74) is 5.00. The number of unbranched alkanes of at least 4 members (excludes halogenated alkanes) is 1. The molecule has 0 radical (unpaired) electrons. The zero-order valence-electron chi connectivity index (χ0n) is 19.0. The fourth-order valence-electron chi connectivity index (χ4n) is 3.36. The van der Waals surface area contributed by atoms with Crippen molar-refractivity contribution in [3.63, 3.8) is 0 Å². The number of carbonyl (C=O) groups excluding carboxylic acids is 1. The monoisotopic (exact) mass is 491 g/mol. The fraction of sp³-hybridized carbons (Fsp3) is 0.476. The maximum absolute atomic E-state index is 13.2. The Morgan fingerprint density at radius 2 is 2.06 bits per heavy atom. The standard InChI is InChI=1S/C21H29N7O3S2/c1-4-6-10-27(17-18(22)28(9-5-2)20(31)23-19(17)30)16(29)13-33-21-25-24-15(26(21)3)12-14-8-7-11-32-14/h7-8,11H,4-6,9-10,12-13,22H2,1-3H3,(H,23,30,31). The van der Waals surface area contributed by atoms with E-state index in [1.165, 1.54) is 26.1 Å². The van der Waals surface area contributed by atoms with Gasteiger partial charge in [0.25, 0.3) is 5.56 Å². The fourth-order valence-corrected chi connectivity index (χ4v) is 4.87. The number of hydrogen-bond donors (Lipinski definition) is 2. The lowest BCUT2D eigenvalue weighted by atomic mass is 10.2. The van der Waals surface area contributed by atoms with Crippen LogP contribution < -0.4 is 21.9 Å². The minimum atomic E-state index is -0.656. The maximum Gasteiger partial charge on any atom is 0.330 e. The van der Waals surface area contributed by atoms with E-state index in [4.69, 9.17) is 5.73 Å². The number of nitrogen functional groups attached to an aromatic ring is 1. The van der Waals surface area contributed by atoms with Crippen LogP contribution in [0.4, 0.5) is 11.5 Å². The van der Waals surface area contributed by atoms with Gasteiger partial charge in [-0.25, -0.2) is 4.79 Å². The number of carbonyl (C=O) groups is 1. The summed E-state index contributed by atoms with van der Waals surface area (Å²) in [5, 5.41) is 11.1. The predicted molar refractivity (Wildman–Crippen MR) is 132 cm³/mol. The Kier molecular flexibility index (Phi) is 8.50. The SMILES string of the molecule is CCCCN(C(=O)CSc1nnc(Cc2cccs2)n1C)c1c(N)n(CCC)c(=O)[nH]c1=O. The van der Waals surface area contributed by atoms with Crippen molar-refractivity contribution in [1.82, 2.24) is 24.3 Å². The third-order valence-electron chi connectivity index (χ3n) is 5.13. The van der Waals surface area contributed by atoms with Gasteiger partial charge in [-0.2, -0.15) is 0 Å². The van der Waals surface area contributed by atoms with E-state index in [1.54, 1.807) is 11.3 Å². The van der Waals surface area contributed by atoms with E-state index in [1.807, 2.05) is 43.0 Å². The molecule has 10 nitrogen and oxygen atoms in total. The van der Waals surface area contributed by atoms with Crippen LogP contribution in [-0.4, -0.2) is 42.5 Å². The van der Waals surface area contributed by atoms with Crippen LogP contribution in [0.2, 0.25) is 0 Å². The van der Waals surface area contributed by atoms with Crippen LogP contribution in [0.3, 0.4) is 0 Å². The van der Waals surface area contributed by atoms with Crippen molar-refractivity contribution in [2.75, 3.05) is 22.9 Å². The summed E-state index contributed by atoms with van der Waals surface area (Å²) in [5.74, 6) is 0.593. The number of aromatic amines is 1. The Hall–Kier alpha value is -2.86. The highest BCUT2D eigenvalue weighted by molar-refractivity contribution is 7.99. The van der Waals surface area contributed by atoms with E-state index in [2.05, 4.69) is 15.2 Å². The van der Waals surface area contributed by atoms with Gasteiger partial charge in [0.15, 0.2) is 10.8 Å². The minimum Gasteiger partial charge on any atom is -0.383 e. The molecule has 3 aromatic rings. The summed E-state index contributed by atoms with van der Waals surface area (Å²) in [6, 6.07) is 4.04. The van der Waals surface area contributed by atoms with Gasteiger partial charge in [0.1, 0.15) is 11.6 Å². The third-order valence-corrected chi connectivity index (χ3v) is 7.01. The Labute approximate surface area is 199 Å². The Bertz CT molecular complexity index is 1200. The molecule has 0 aliphatic carbocycles. The highest BCUT2D eigenvalue weighted by Crippen LogP contribution is 2.23. The van der Waals surface area contributed by atoms with Gasteiger partial charge in [0, 0.05) is 31.4 Å². The van der Waals surface area contributed by atoms with Gasteiger partial charge in [-0.3, -0.25) is 19.1 Å². The zero-order valence-corrected chi connectivity index (χ0v) is 20.7. The second-order valence-corrected chi connectivity index (χ2v) is 9.52. The lowest BCUT2D eigenvalue weighted by Gasteiger charge is -2.24. The average molecular weight is 492 g/mol. The molecular weight excluding hydrogens is 462 g/mol. The molecule has 0 fully saturated rings. The van der Waals surface area contributed by atoms with Gasteiger partial charge >= 0.3 is 5.69 Å². The van der Waals surface area contributed by atoms with E-state index in [-0.39, 0.29) is 23.2 Å². The molecule has 12 heteroatoms. The van der Waals surface area contributed by atoms with E-state index in [0.29, 0.717) is 37.5 Å². The van der Waals surface area contributed by atoms with Gasteiger partial charge in [-0.1, -0.05) is 38.1 Å². The molecular formula is C21H29N7O3S2. The van der Waals surface area contributed by atoms with E-state index in [0.717, 1.165) is 12.2 Å². The van der Waals surface area contributed by atoms with Crippen molar-refractivity contribution in [1.29, 1.82) is 0 Å². The summed E-state index contributed by atoms with van der Waals surface area (Å²) < 4.78 is 3.17. The molecule has 0 aromatic carbocycles. The summed E-state index contributed by atoms with van der Waals surface area (Å²) in [6.45, 7) is 4.58. The summed E-state index contributed by atoms with van der Waals surface area (Å²) in [6.07, 6.45) is 2.85. The number of aromatic nitrogens is 5. The van der Waals surface area contributed by atoms with Gasteiger partial charge < -0.3 is 15.2 Å². The Balaban J connectivity index is 1.81. The second-order valence-electron chi connectivity index (χ2n) is 7.55. The lowest BCUT2D eigenvalue weighted by molar-refractivity contribution is -0.116. The molecule has 1 amide bonds. The number of nitrogens with zero attached hydrogens (tertiary/aromatic N) is 5. The quantitative estimate of drug-likeness (QED) is 0.393. The third kappa shape index (κ3) is 5.74. The second kappa shape index (κ2) is 11.3. The Morgan fingerprint density at radius 3 is 2.73 bits per heavy atom. The van der Waals surface area contributed by atoms with Crippen LogP contribution in [-0.2, 0) is 24.8 Å². The minimum absolute atomic E-state index is 0.0111. The predicted octanol–water partition coefficient (Wildman–Crippen LogP) is 2.24. The molecule has 0 atom stereocenters. The topological polar surface area (TPSA) is 132 Å². The van der Waals surface area contributed by atoms with E-state index < -0.39 is 11.2 Å². The molecule has 3 heterocycles. The van der Waals surface area contributed by atoms with Crippen molar-refractivity contribution in [3.8, 4) is 0 Å². The molecule has 178 valence electrons. The van der Waals surface area contributed by atoms with Gasteiger partial charge in [-0.15, -0.1) is 21.5 Å². The van der Waals surface area contributed by atoms with Crippen LogP contribution in [0, 0.1) is 0 Å². The van der Waals surface area contributed by atoms with Crippen LogP contribution >= 0.6 is 23.1 Å². The van der Waals surface area contributed by atoms with Crippen LogP contribution in [0.5, 0.6) is 0 Å². The molecule has 0 unspecified atom stereocenters. The van der Waals surface area contributed by atoms with Gasteiger partial charge in [0.05, 0.1) is 5.75 Å². The highest BCUT2D eigenvalue weighted by Gasteiger charge is 2.24. The van der Waals surface area contributed by atoms with Crippen molar-refractivity contribution < 1.29 is 4.79 Å². The summed E-state index contributed by atoms with van der Waals surface area (Å²) in [4.78, 5) is 42.9. The molecule has 0 spiro atoms. The van der Waals surface area contributed by atoms with Crippen LogP contribution in [0.15, 0.2) is 32.3 Å². The van der Waals surface area contributed by atoms with Crippen molar-refractivity contribution in [2.45, 2.75) is 51.2 Å². The van der Waals surface area contributed by atoms with Gasteiger partial charge in [0.2, 0.25) is 5.91 Å². The van der Waals surface area contributed by atoms with Gasteiger partial charge in [-0.05, 0) is 24.3 Å². The summed E-state index contributed by atoms with van der Waals surface area (Å²) in [7, 11) is 1.87. The molecule has 0 aliphatic heterocycles. The number of amides is 1. The molecule has 33 heavy (non-hydrogen) atoms. The normalized spacial score (nSPS) is 11.1. The average Bonchev–Trinajstić information content (AvgIpc) is 3.42. The zero-order chi connectivity index (χ0) is 24.0. The maximum atomic E-state index is 13.2. The molecule has 0 saturated heterocycles. The first-order valence-electron chi connectivity index (χ1n) is 10.8. The Morgan fingerprint density at radius 1 is 1.27 bits per heavy atom. The number of H-pyrrole nitrogens is 1. The van der Waals surface area contributed by atoms with Crippen molar-refractivity contribution in [2.24, 2.45) is 7.05 Å². The van der Waals surface area contributed by atoms with Crippen molar-refractivity contribution in [3.05, 3.63) is 49.1 Å². The smallest absolute Gasteiger partial charge is 0.330 e. The molecule has 3 rings (SSSR count). The highest BCUT2D eigenvalue weighted by atomic mass is 32.2. The molecule has 0 saturated carbocycles. The molecule has 0 aliphatic rings. The number of hydrogen-bond acceptors (Lipinski definition) is 8. The lowest BCUT2D eigenvalue weighted by Crippen LogP contribution is -2.42. The van der Waals surface area contributed by atoms with Crippen LogP contribution in [0.1, 0.15) is 43.8 Å². The number of rotatable bonds is 11. The first-order valence-corrected chi connectivity index (χ1v) is 12.7. The number of thioether (sulfide) groups is 1. The largest absolute Gasteiger partial charge is 0.383 e. The molecule has 3 N–H and O–H groups in total. The van der Waals surface area contributed by atoms with Crippen molar-refractivity contribution >= 4 is 40.5 Å². The molecule has 0 bridgehead atoms. The summed E-state index contributed by atoms with van der Waals surface area (Å²) >= 11 is 2.91. The first kappa shape index (κ1) is 24.8. The number of thiophene rings is 1. The van der Waals surface area contributed by atoms with E-state index >= 15 is 0 Å². The number of anilines is 2. The number of nitrogens with two attached hydrogens (primary N) is 1. The first-order chi connectivity index (χ1) is 15.9.